The Balaban J connectivity index is 1.60. The number of thiophene rings is 1. The van der Waals surface area contributed by atoms with Gasteiger partial charge in [0.2, 0.25) is 5.91 Å². The van der Waals surface area contributed by atoms with Gasteiger partial charge in [0.25, 0.3) is 0 Å². The first kappa shape index (κ1) is 20.4. The zero-order chi connectivity index (χ0) is 20.0. The summed E-state index contributed by atoms with van der Waals surface area (Å²) in [5.41, 5.74) is 1.96. The normalized spacial score (nSPS) is 16.9. The van der Waals surface area contributed by atoms with E-state index < -0.39 is 5.60 Å². The second-order valence-electron chi connectivity index (χ2n) is 7.15. The third-order valence-corrected chi connectivity index (χ3v) is 5.51. The van der Waals surface area contributed by atoms with Crippen LogP contribution in [-0.2, 0) is 16.9 Å². The van der Waals surface area contributed by atoms with Crippen molar-refractivity contribution in [1.82, 2.24) is 10.6 Å². The number of guanidine groups is 1. The van der Waals surface area contributed by atoms with Crippen LogP contribution >= 0.6 is 11.3 Å². The number of hydrogen-bond acceptors (Lipinski definition) is 4. The summed E-state index contributed by atoms with van der Waals surface area (Å²) in [7, 11) is 0. The van der Waals surface area contributed by atoms with Gasteiger partial charge in [-0.25, -0.2) is 4.99 Å². The van der Waals surface area contributed by atoms with Crippen molar-refractivity contribution in [2.24, 2.45) is 4.99 Å². The number of carbonyl (C=O) groups is 1. The van der Waals surface area contributed by atoms with Crippen LogP contribution in [0.5, 0.6) is 0 Å². The molecule has 0 radical (unpaired) electrons. The number of nitrogens with one attached hydrogen (secondary N) is 2. The lowest BCUT2D eigenvalue weighted by Crippen LogP contribution is -2.44. The molecule has 0 saturated carbocycles. The van der Waals surface area contributed by atoms with Gasteiger partial charge in [0.05, 0.1) is 13.1 Å². The highest BCUT2D eigenvalue weighted by atomic mass is 32.1. The van der Waals surface area contributed by atoms with Gasteiger partial charge >= 0.3 is 0 Å². The fourth-order valence-corrected chi connectivity index (χ4v) is 3.93. The number of hydrogen-bond donors (Lipinski definition) is 3. The van der Waals surface area contributed by atoms with E-state index >= 15 is 0 Å². The predicted octanol–water partition coefficient (Wildman–Crippen LogP) is 2.84. The van der Waals surface area contributed by atoms with Gasteiger partial charge < -0.3 is 20.6 Å². The van der Waals surface area contributed by atoms with Crippen molar-refractivity contribution in [3.63, 3.8) is 0 Å². The van der Waals surface area contributed by atoms with E-state index in [-0.39, 0.29) is 5.91 Å². The fraction of sp³-hybridized carbons (Fsp3) is 0.429. The standard InChI is InChI=1S/C21H28N4O2S/c1-3-22-20(24-15-21(2,27)17-10-12-28-14-17)23-13-16-6-8-18(9-7-16)25-11-4-5-19(25)26/h6-10,12,14,27H,3-5,11,13,15H2,1-2H3,(H2,22,23,24). The molecule has 1 atom stereocenters. The van der Waals surface area contributed by atoms with Gasteiger partial charge in [-0.2, -0.15) is 11.3 Å². The average molecular weight is 401 g/mol. The predicted molar refractivity (Wildman–Crippen MR) is 115 cm³/mol. The number of anilines is 1. The van der Waals surface area contributed by atoms with Crippen molar-refractivity contribution in [1.29, 1.82) is 0 Å². The van der Waals surface area contributed by atoms with Gasteiger partial charge in [-0.3, -0.25) is 4.79 Å². The number of carbonyl (C=O) groups excluding carboxylic acids is 1. The summed E-state index contributed by atoms with van der Waals surface area (Å²) in [6.07, 6.45) is 1.57. The minimum atomic E-state index is -0.958. The molecule has 1 amide bonds. The smallest absolute Gasteiger partial charge is 0.227 e. The lowest BCUT2D eigenvalue weighted by Gasteiger charge is -2.24. The fourth-order valence-electron chi connectivity index (χ4n) is 3.14. The molecule has 6 nitrogen and oxygen atoms in total. The quantitative estimate of drug-likeness (QED) is 0.493. The van der Waals surface area contributed by atoms with Crippen molar-refractivity contribution in [2.75, 3.05) is 24.5 Å². The Morgan fingerprint density at radius 3 is 2.68 bits per heavy atom. The summed E-state index contributed by atoms with van der Waals surface area (Å²) in [4.78, 5) is 18.3. The van der Waals surface area contributed by atoms with Crippen molar-refractivity contribution in [3.8, 4) is 0 Å². The van der Waals surface area contributed by atoms with E-state index in [9.17, 15) is 9.90 Å². The molecular formula is C21H28N4O2S. The van der Waals surface area contributed by atoms with E-state index in [2.05, 4.69) is 15.6 Å². The Hall–Kier alpha value is -2.38. The van der Waals surface area contributed by atoms with E-state index in [0.29, 0.717) is 25.5 Å². The van der Waals surface area contributed by atoms with Crippen molar-refractivity contribution < 1.29 is 9.90 Å². The number of nitrogens with zero attached hydrogens (tertiary/aromatic N) is 2. The molecule has 1 aliphatic rings. The van der Waals surface area contributed by atoms with Gasteiger partial charge in [0.15, 0.2) is 5.96 Å². The largest absolute Gasteiger partial charge is 0.384 e. The van der Waals surface area contributed by atoms with Gasteiger partial charge in [-0.05, 0) is 60.4 Å². The molecule has 1 aromatic carbocycles. The van der Waals surface area contributed by atoms with E-state index in [4.69, 9.17) is 0 Å². The van der Waals surface area contributed by atoms with Crippen LogP contribution in [0.1, 0.15) is 37.8 Å². The number of benzene rings is 1. The van der Waals surface area contributed by atoms with Gasteiger partial charge in [0, 0.05) is 25.2 Å². The molecule has 1 aromatic heterocycles. The molecule has 1 fully saturated rings. The SMILES string of the molecule is CCNC(=NCc1ccc(N2CCCC2=O)cc1)NCC(C)(O)c1ccsc1. The summed E-state index contributed by atoms with van der Waals surface area (Å²) in [5.74, 6) is 0.860. The minimum absolute atomic E-state index is 0.196. The highest BCUT2D eigenvalue weighted by Gasteiger charge is 2.24. The van der Waals surface area contributed by atoms with Crippen LogP contribution in [0.2, 0.25) is 0 Å². The van der Waals surface area contributed by atoms with E-state index in [1.165, 1.54) is 0 Å². The summed E-state index contributed by atoms with van der Waals surface area (Å²) in [6.45, 7) is 6.23. The summed E-state index contributed by atoms with van der Waals surface area (Å²) in [6, 6.07) is 9.92. The summed E-state index contributed by atoms with van der Waals surface area (Å²) >= 11 is 1.57. The van der Waals surface area contributed by atoms with Crippen molar-refractivity contribution in [2.45, 2.75) is 38.8 Å². The molecule has 0 bridgehead atoms. The number of amides is 1. The Kier molecular flexibility index (Phi) is 6.70. The number of aliphatic hydroxyl groups is 1. The molecule has 3 N–H and O–H groups in total. The van der Waals surface area contributed by atoms with Crippen molar-refractivity contribution in [3.05, 3.63) is 52.2 Å². The van der Waals surface area contributed by atoms with Crippen LogP contribution in [-0.4, -0.2) is 36.6 Å². The second kappa shape index (κ2) is 9.21. The zero-order valence-corrected chi connectivity index (χ0v) is 17.3. The highest BCUT2D eigenvalue weighted by Crippen LogP contribution is 2.23. The Bertz CT molecular complexity index is 800. The third-order valence-electron chi connectivity index (χ3n) is 4.83. The molecule has 150 valence electrons. The van der Waals surface area contributed by atoms with E-state index in [1.807, 2.05) is 52.9 Å². The molecule has 28 heavy (non-hydrogen) atoms. The first-order valence-corrected chi connectivity index (χ1v) is 10.6. The lowest BCUT2D eigenvalue weighted by molar-refractivity contribution is -0.117. The zero-order valence-electron chi connectivity index (χ0n) is 16.4. The Morgan fingerprint density at radius 1 is 1.29 bits per heavy atom. The van der Waals surface area contributed by atoms with Gasteiger partial charge in [0.1, 0.15) is 5.60 Å². The number of aliphatic imine (C=N–C) groups is 1. The maximum absolute atomic E-state index is 11.9. The molecule has 1 saturated heterocycles. The maximum Gasteiger partial charge on any atom is 0.227 e. The minimum Gasteiger partial charge on any atom is -0.384 e. The van der Waals surface area contributed by atoms with Crippen LogP contribution in [0.25, 0.3) is 0 Å². The highest BCUT2D eigenvalue weighted by molar-refractivity contribution is 7.08. The monoisotopic (exact) mass is 400 g/mol. The lowest BCUT2D eigenvalue weighted by atomic mass is 9.99. The van der Waals surface area contributed by atoms with Gasteiger partial charge in [-0.15, -0.1) is 0 Å². The summed E-state index contributed by atoms with van der Waals surface area (Å²) in [5, 5.41) is 21.0. The molecule has 1 aliphatic heterocycles. The molecule has 0 aliphatic carbocycles. The van der Waals surface area contributed by atoms with Gasteiger partial charge in [-0.1, -0.05) is 12.1 Å². The molecule has 2 aromatic rings. The third kappa shape index (κ3) is 5.11. The summed E-state index contributed by atoms with van der Waals surface area (Å²) < 4.78 is 0. The molecular weight excluding hydrogens is 372 g/mol. The molecule has 0 spiro atoms. The van der Waals surface area contributed by atoms with E-state index in [1.54, 1.807) is 18.3 Å². The molecule has 3 rings (SSSR count). The first-order valence-electron chi connectivity index (χ1n) is 9.66. The van der Waals surface area contributed by atoms with E-state index in [0.717, 1.165) is 36.3 Å². The Morgan fingerprint density at radius 2 is 2.07 bits per heavy atom. The van der Waals surface area contributed by atoms with Crippen LogP contribution in [0, 0.1) is 0 Å². The van der Waals surface area contributed by atoms with Crippen LogP contribution in [0.4, 0.5) is 5.69 Å². The number of rotatable bonds is 7. The molecule has 1 unspecified atom stereocenters. The Labute approximate surface area is 170 Å². The topological polar surface area (TPSA) is 77.0 Å². The molecule has 7 heteroatoms. The maximum atomic E-state index is 11.9. The molecule has 2 heterocycles. The first-order chi connectivity index (χ1) is 13.5. The van der Waals surface area contributed by atoms with Crippen LogP contribution in [0.3, 0.4) is 0 Å². The average Bonchev–Trinajstić information content (AvgIpc) is 3.37. The van der Waals surface area contributed by atoms with Crippen molar-refractivity contribution >= 4 is 28.9 Å². The van der Waals surface area contributed by atoms with Crippen LogP contribution < -0.4 is 15.5 Å². The second-order valence-corrected chi connectivity index (χ2v) is 7.93. The van der Waals surface area contributed by atoms with Crippen LogP contribution in [0.15, 0.2) is 46.1 Å².